The van der Waals surface area contributed by atoms with Gasteiger partial charge < -0.3 is 15.4 Å². The molecule has 2 aromatic carbocycles. The molecule has 0 aromatic heterocycles. The van der Waals surface area contributed by atoms with Crippen molar-refractivity contribution < 1.29 is 22.7 Å². The molecule has 2 aliphatic rings. The van der Waals surface area contributed by atoms with Crippen molar-refractivity contribution in [3.8, 4) is 5.75 Å². The van der Waals surface area contributed by atoms with Gasteiger partial charge in [0, 0.05) is 0 Å². The predicted molar refractivity (Wildman–Crippen MR) is 94.8 cm³/mol. The largest absolute Gasteiger partial charge is 0.479 e. The Hall–Kier alpha value is -3.07. The van der Waals surface area contributed by atoms with E-state index in [2.05, 4.69) is 10.6 Å². The van der Waals surface area contributed by atoms with Crippen LogP contribution in [0.3, 0.4) is 0 Å². The molecule has 8 nitrogen and oxygen atoms in total. The number of amides is 2. The lowest BCUT2D eigenvalue weighted by Gasteiger charge is -2.30. The molecule has 2 heterocycles. The molecule has 0 saturated heterocycles. The summed E-state index contributed by atoms with van der Waals surface area (Å²) in [6.45, 7) is 1.28. The molecule has 26 heavy (non-hydrogen) atoms. The zero-order valence-corrected chi connectivity index (χ0v) is 14.5. The zero-order chi connectivity index (χ0) is 18.5. The third kappa shape index (κ3) is 2.57. The molecule has 0 fully saturated rings. The van der Waals surface area contributed by atoms with Crippen molar-refractivity contribution >= 4 is 38.9 Å². The highest BCUT2D eigenvalue weighted by Gasteiger charge is 2.33. The number of fused-ring (bicyclic) bond motifs is 2. The molecule has 0 bridgehead atoms. The molecule has 0 radical (unpaired) electrons. The first-order valence-corrected chi connectivity index (χ1v) is 9.33. The summed E-state index contributed by atoms with van der Waals surface area (Å²) in [6.07, 6.45) is -0.650. The Morgan fingerprint density at radius 3 is 2.65 bits per heavy atom. The van der Waals surface area contributed by atoms with Crippen molar-refractivity contribution in [2.45, 2.75) is 17.9 Å². The molecule has 1 unspecified atom stereocenters. The summed E-state index contributed by atoms with van der Waals surface area (Å²) in [6, 6.07) is 10.9. The molecular formula is C17H15N3O5S. The average Bonchev–Trinajstić information content (AvgIpc) is 2.61. The standard InChI is InChI=1S/C17H15N3O5S/c1-10-17(22)19-13-8-11(6-7-15(13)25-10)26(23,24)20-9-16(21)18-12-4-2-3-5-14(12)20/h2-8,10H,9H2,1H3,(H,18,21)(H,19,22). The van der Waals surface area contributed by atoms with E-state index < -0.39 is 22.0 Å². The number of ether oxygens (including phenoxy) is 1. The van der Waals surface area contributed by atoms with Crippen LogP contribution in [-0.4, -0.2) is 32.9 Å². The number of hydrogen-bond acceptors (Lipinski definition) is 5. The van der Waals surface area contributed by atoms with Crippen LogP contribution in [0.25, 0.3) is 0 Å². The maximum atomic E-state index is 13.1. The molecule has 0 aliphatic carbocycles. The normalized spacial score (nSPS) is 19.0. The minimum Gasteiger partial charge on any atom is -0.479 e. The highest BCUT2D eigenvalue weighted by molar-refractivity contribution is 7.93. The first kappa shape index (κ1) is 16.4. The SMILES string of the molecule is CC1Oc2ccc(S(=O)(=O)N3CC(=O)Nc4ccccc43)cc2NC1=O. The summed E-state index contributed by atoms with van der Waals surface area (Å²) >= 11 is 0. The van der Waals surface area contributed by atoms with E-state index in [1.165, 1.54) is 18.2 Å². The molecule has 4 rings (SSSR count). The molecule has 0 spiro atoms. The summed E-state index contributed by atoms with van der Waals surface area (Å²) in [5, 5.41) is 5.28. The van der Waals surface area contributed by atoms with Crippen molar-refractivity contribution in [3.05, 3.63) is 42.5 Å². The van der Waals surface area contributed by atoms with Crippen LogP contribution in [0.1, 0.15) is 6.92 Å². The summed E-state index contributed by atoms with van der Waals surface area (Å²) in [5.41, 5.74) is 1.10. The molecular weight excluding hydrogens is 358 g/mol. The maximum absolute atomic E-state index is 13.1. The number of hydrogen-bond donors (Lipinski definition) is 2. The van der Waals surface area contributed by atoms with Gasteiger partial charge in [-0.25, -0.2) is 8.42 Å². The average molecular weight is 373 g/mol. The molecule has 2 N–H and O–H groups in total. The number of nitrogens with zero attached hydrogens (tertiary/aromatic N) is 1. The predicted octanol–water partition coefficient (Wildman–Crippen LogP) is 1.55. The van der Waals surface area contributed by atoms with Gasteiger partial charge in [0.25, 0.3) is 15.9 Å². The van der Waals surface area contributed by atoms with Gasteiger partial charge in [-0.2, -0.15) is 0 Å². The number of carbonyl (C=O) groups excluding carboxylic acids is 2. The summed E-state index contributed by atoms with van der Waals surface area (Å²) in [5.74, 6) is -0.377. The van der Waals surface area contributed by atoms with E-state index in [1.807, 2.05) is 0 Å². The van der Waals surface area contributed by atoms with E-state index in [4.69, 9.17) is 4.74 Å². The van der Waals surface area contributed by atoms with Crippen molar-refractivity contribution in [1.82, 2.24) is 0 Å². The van der Waals surface area contributed by atoms with E-state index in [9.17, 15) is 18.0 Å². The van der Waals surface area contributed by atoms with Crippen LogP contribution in [-0.2, 0) is 19.6 Å². The van der Waals surface area contributed by atoms with Crippen LogP contribution in [0.4, 0.5) is 17.1 Å². The van der Waals surface area contributed by atoms with Gasteiger partial charge in [-0.1, -0.05) is 12.1 Å². The minimum absolute atomic E-state index is 0.0424. The second-order valence-corrected chi connectivity index (χ2v) is 7.85. The van der Waals surface area contributed by atoms with Crippen LogP contribution >= 0.6 is 0 Å². The molecule has 1 atom stereocenters. The van der Waals surface area contributed by atoms with Crippen LogP contribution in [0.15, 0.2) is 47.4 Å². The quantitative estimate of drug-likeness (QED) is 0.831. The number of benzene rings is 2. The van der Waals surface area contributed by atoms with Gasteiger partial charge in [-0.3, -0.25) is 13.9 Å². The molecule has 134 valence electrons. The van der Waals surface area contributed by atoms with Gasteiger partial charge in [0.1, 0.15) is 12.3 Å². The van der Waals surface area contributed by atoms with E-state index in [1.54, 1.807) is 31.2 Å². The zero-order valence-electron chi connectivity index (χ0n) is 13.7. The lowest BCUT2D eigenvalue weighted by atomic mass is 10.2. The van der Waals surface area contributed by atoms with Crippen LogP contribution < -0.4 is 19.7 Å². The van der Waals surface area contributed by atoms with E-state index in [0.717, 1.165) is 4.31 Å². The summed E-state index contributed by atoms with van der Waals surface area (Å²) < 4.78 is 32.7. The first-order valence-electron chi connectivity index (χ1n) is 7.89. The Labute approximate surface area is 149 Å². The van der Waals surface area contributed by atoms with Crippen molar-refractivity contribution in [2.75, 3.05) is 21.5 Å². The molecule has 2 aliphatic heterocycles. The summed E-state index contributed by atoms with van der Waals surface area (Å²) in [7, 11) is -4.01. The minimum atomic E-state index is -4.01. The van der Waals surface area contributed by atoms with E-state index >= 15 is 0 Å². The molecule has 0 saturated carbocycles. The van der Waals surface area contributed by atoms with Crippen molar-refractivity contribution in [3.63, 3.8) is 0 Å². The van der Waals surface area contributed by atoms with E-state index in [0.29, 0.717) is 17.1 Å². The Bertz CT molecular complexity index is 1030. The first-order chi connectivity index (χ1) is 12.4. The second kappa shape index (κ2) is 5.73. The Kier molecular flexibility index (Phi) is 3.62. The lowest BCUT2D eigenvalue weighted by Crippen LogP contribution is -2.42. The van der Waals surface area contributed by atoms with Gasteiger partial charge in [-0.15, -0.1) is 0 Å². The number of anilines is 3. The van der Waals surface area contributed by atoms with Crippen LogP contribution in [0.2, 0.25) is 0 Å². The highest BCUT2D eigenvalue weighted by atomic mass is 32.2. The molecule has 9 heteroatoms. The van der Waals surface area contributed by atoms with Gasteiger partial charge in [0.15, 0.2) is 6.10 Å². The number of rotatable bonds is 2. The fourth-order valence-corrected chi connectivity index (χ4v) is 4.36. The number of nitrogens with one attached hydrogen (secondary N) is 2. The van der Waals surface area contributed by atoms with Gasteiger partial charge in [0.2, 0.25) is 5.91 Å². The Morgan fingerprint density at radius 2 is 1.85 bits per heavy atom. The monoisotopic (exact) mass is 373 g/mol. The second-order valence-electron chi connectivity index (χ2n) is 5.98. The molecule has 2 aromatic rings. The Balaban J connectivity index is 1.78. The highest BCUT2D eigenvalue weighted by Crippen LogP contribution is 2.36. The third-order valence-corrected chi connectivity index (χ3v) is 5.96. The topological polar surface area (TPSA) is 105 Å². The number of sulfonamides is 1. The number of para-hydroxylation sites is 2. The van der Waals surface area contributed by atoms with Crippen LogP contribution in [0, 0.1) is 0 Å². The van der Waals surface area contributed by atoms with Gasteiger partial charge in [-0.05, 0) is 37.3 Å². The fourth-order valence-electron chi connectivity index (χ4n) is 2.89. The van der Waals surface area contributed by atoms with Gasteiger partial charge >= 0.3 is 0 Å². The molecule has 2 amide bonds. The lowest BCUT2D eigenvalue weighted by molar-refractivity contribution is -0.122. The summed E-state index contributed by atoms with van der Waals surface area (Å²) in [4.78, 5) is 23.7. The Morgan fingerprint density at radius 1 is 1.08 bits per heavy atom. The van der Waals surface area contributed by atoms with Crippen molar-refractivity contribution in [2.24, 2.45) is 0 Å². The number of carbonyl (C=O) groups is 2. The fraction of sp³-hybridized carbons (Fsp3) is 0.176. The van der Waals surface area contributed by atoms with Gasteiger partial charge in [0.05, 0.1) is 22.0 Å². The van der Waals surface area contributed by atoms with Crippen molar-refractivity contribution in [1.29, 1.82) is 0 Å². The van der Waals surface area contributed by atoms with E-state index in [-0.39, 0.29) is 23.0 Å². The third-order valence-electron chi connectivity index (χ3n) is 4.20. The van der Waals surface area contributed by atoms with Crippen LogP contribution in [0.5, 0.6) is 5.75 Å². The smallest absolute Gasteiger partial charge is 0.265 e. The maximum Gasteiger partial charge on any atom is 0.265 e.